The van der Waals surface area contributed by atoms with Gasteiger partial charge in [-0.3, -0.25) is 10.1 Å². The summed E-state index contributed by atoms with van der Waals surface area (Å²) in [4.78, 5) is 14.1. The summed E-state index contributed by atoms with van der Waals surface area (Å²) in [5.74, 6) is 0.373. The first-order valence-corrected chi connectivity index (χ1v) is 7.53. The van der Waals surface area contributed by atoms with Crippen LogP contribution in [0.5, 0.6) is 0 Å². The average molecular weight is 339 g/mol. The first-order chi connectivity index (χ1) is 11.6. The Kier molecular flexibility index (Phi) is 4.22. The monoisotopic (exact) mass is 339 g/mol. The van der Waals surface area contributed by atoms with Gasteiger partial charge in [0, 0.05) is 11.6 Å². The lowest BCUT2D eigenvalue weighted by atomic mass is 10.1. The Balaban J connectivity index is 1.87. The molecule has 24 heavy (non-hydrogen) atoms. The van der Waals surface area contributed by atoms with E-state index in [9.17, 15) is 10.1 Å². The van der Waals surface area contributed by atoms with E-state index in [1.807, 2.05) is 31.2 Å². The van der Waals surface area contributed by atoms with Crippen molar-refractivity contribution in [3.05, 3.63) is 57.8 Å². The highest BCUT2D eigenvalue weighted by molar-refractivity contribution is 7.99. The fourth-order valence-corrected chi connectivity index (χ4v) is 2.64. The Morgan fingerprint density at radius 1 is 1.25 bits per heavy atom. The lowest BCUT2D eigenvalue weighted by molar-refractivity contribution is -0.385. The van der Waals surface area contributed by atoms with E-state index < -0.39 is 4.92 Å². The molecule has 0 N–H and O–H groups in total. The normalized spacial score (nSPS) is 10.3. The van der Waals surface area contributed by atoms with Crippen molar-refractivity contribution in [3.63, 3.8) is 0 Å². The smallest absolute Gasteiger partial charge is 0.305 e. The topological polar surface area (TPSA) is 119 Å². The van der Waals surface area contributed by atoms with E-state index in [1.54, 1.807) is 6.07 Å². The molecule has 0 aliphatic rings. The van der Waals surface area contributed by atoms with Crippen LogP contribution < -0.4 is 0 Å². The first-order valence-electron chi connectivity index (χ1n) is 6.71. The van der Waals surface area contributed by atoms with Gasteiger partial charge in [0.05, 0.1) is 4.92 Å². The minimum atomic E-state index is -0.650. The number of nitriles is 1. The van der Waals surface area contributed by atoms with Crippen LogP contribution in [0.2, 0.25) is 0 Å². The van der Waals surface area contributed by atoms with Crippen molar-refractivity contribution >= 4 is 17.4 Å². The molecule has 8 nitrogen and oxygen atoms in total. The molecular formula is C15H9N5O3S. The van der Waals surface area contributed by atoms with Crippen LogP contribution in [0, 0.1) is 28.4 Å². The molecule has 118 valence electrons. The summed E-state index contributed by atoms with van der Waals surface area (Å²) in [6.45, 7) is 1.93. The molecule has 0 aliphatic carbocycles. The highest BCUT2D eigenvalue weighted by atomic mass is 32.2. The van der Waals surface area contributed by atoms with E-state index >= 15 is 0 Å². The van der Waals surface area contributed by atoms with Crippen LogP contribution >= 0.6 is 11.8 Å². The standard InChI is InChI=1S/C15H9N5O3S/c1-9-4-2-3-5-10(9)14-18-19-15(23-14)24-13-7-6-12(20(21)22)11(8-16)17-13/h2-7H,1H3. The lowest BCUT2D eigenvalue weighted by Crippen LogP contribution is -1.95. The van der Waals surface area contributed by atoms with E-state index in [1.165, 1.54) is 12.1 Å². The molecule has 0 radical (unpaired) electrons. The zero-order valence-corrected chi connectivity index (χ0v) is 13.1. The highest BCUT2D eigenvalue weighted by Gasteiger charge is 2.18. The zero-order valence-electron chi connectivity index (χ0n) is 12.3. The summed E-state index contributed by atoms with van der Waals surface area (Å²) >= 11 is 1.03. The van der Waals surface area contributed by atoms with Gasteiger partial charge in [-0.2, -0.15) is 5.26 Å². The second-order valence-electron chi connectivity index (χ2n) is 4.68. The van der Waals surface area contributed by atoms with Gasteiger partial charge in [0.15, 0.2) is 0 Å². The van der Waals surface area contributed by atoms with Crippen molar-refractivity contribution in [2.75, 3.05) is 0 Å². The number of pyridine rings is 1. The fourth-order valence-electron chi connectivity index (χ4n) is 1.98. The minimum Gasteiger partial charge on any atom is -0.411 e. The van der Waals surface area contributed by atoms with Crippen LogP contribution in [-0.2, 0) is 0 Å². The Labute approximate surface area is 140 Å². The predicted molar refractivity (Wildman–Crippen MR) is 84.2 cm³/mol. The molecule has 0 bridgehead atoms. The molecule has 1 aromatic carbocycles. The molecule has 3 aromatic rings. The third kappa shape index (κ3) is 3.09. The summed E-state index contributed by atoms with van der Waals surface area (Å²) in [5.41, 5.74) is 1.22. The molecule has 0 aliphatic heterocycles. The van der Waals surface area contributed by atoms with Crippen LogP contribution in [0.4, 0.5) is 5.69 Å². The molecule has 0 saturated heterocycles. The zero-order chi connectivity index (χ0) is 17.1. The third-order valence-corrected chi connectivity index (χ3v) is 3.90. The van der Waals surface area contributed by atoms with Gasteiger partial charge < -0.3 is 4.42 Å². The van der Waals surface area contributed by atoms with Crippen molar-refractivity contribution in [2.24, 2.45) is 0 Å². The molecule has 0 fully saturated rings. The Bertz CT molecular complexity index is 964. The van der Waals surface area contributed by atoms with Crippen LogP contribution in [0.25, 0.3) is 11.5 Å². The van der Waals surface area contributed by atoms with Crippen LogP contribution in [-0.4, -0.2) is 20.1 Å². The summed E-state index contributed by atoms with van der Waals surface area (Å²) in [6.07, 6.45) is 0. The number of aromatic nitrogens is 3. The van der Waals surface area contributed by atoms with E-state index in [-0.39, 0.29) is 16.6 Å². The molecule has 9 heteroatoms. The fraction of sp³-hybridized carbons (Fsp3) is 0.0667. The molecule has 2 heterocycles. The van der Waals surface area contributed by atoms with Gasteiger partial charge in [-0.1, -0.05) is 18.2 Å². The molecular weight excluding hydrogens is 330 g/mol. The largest absolute Gasteiger partial charge is 0.411 e. The highest BCUT2D eigenvalue weighted by Crippen LogP contribution is 2.30. The van der Waals surface area contributed by atoms with Crippen molar-refractivity contribution in [2.45, 2.75) is 17.2 Å². The molecule has 0 saturated carbocycles. The van der Waals surface area contributed by atoms with Crippen molar-refractivity contribution in [3.8, 4) is 17.5 Å². The quantitative estimate of drug-likeness (QED) is 0.524. The van der Waals surface area contributed by atoms with Gasteiger partial charge in [-0.05, 0) is 36.4 Å². The van der Waals surface area contributed by atoms with Crippen LogP contribution in [0.1, 0.15) is 11.3 Å². The molecule has 3 rings (SSSR count). The number of rotatable bonds is 4. The van der Waals surface area contributed by atoms with Gasteiger partial charge in [0.1, 0.15) is 11.1 Å². The summed E-state index contributed by atoms with van der Waals surface area (Å²) in [5, 5.41) is 28.3. The summed E-state index contributed by atoms with van der Waals surface area (Å²) in [7, 11) is 0. The molecule has 0 amide bonds. The number of nitrogens with zero attached hydrogens (tertiary/aromatic N) is 5. The van der Waals surface area contributed by atoms with Crippen molar-refractivity contribution in [1.82, 2.24) is 15.2 Å². The summed E-state index contributed by atoms with van der Waals surface area (Å²) < 4.78 is 5.59. The van der Waals surface area contributed by atoms with Gasteiger partial charge in [0.2, 0.25) is 11.6 Å². The van der Waals surface area contributed by atoms with Gasteiger partial charge in [0.25, 0.3) is 5.22 Å². The molecule has 0 spiro atoms. The first kappa shape index (κ1) is 15.6. The number of aryl methyl sites for hydroxylation is 1. The minimum absolute atomic E-state index is 0.235. The maximum absolute atomic E-state index is 10.8. The van der Waals surface area contributed by atoms with Crippen molar-refractivity contribution in [1.29, 1.82) is 5.26 Å². The predicted octanol–water partition coefficient (Wildman–Crippen LogP) is 3.37. The lowest BCUT2D eigenvalue weighted by Gasteiger charge is -1.99. The Morgan fingerprint density at radius 3 is 2.75 bits per heavy atom. The van der Waals surface area contributed by atoms with E-state index in [4.69, 9.17) is 9.68 Å². The van der Waals surface area contributed by atoms with Crippen LogP contribution in [0.3, 0.4) is 0 Å². The van der Waals surface area contributed by atoms with Gasteiger partial charge in [-0.15, -0.1) is 10.2 Å². The van der Waals surface area contributed by atoms with Crippen molar-refractivity contribution < 1.29 is 9.34 Å². The second kappa shape index (κ2) is 6.47. The molecule has 0 atom stereocenters. The molecule has 0 unspecified atom stereocenters. The van der Waals surface area contributed by atoms with E-state index in [2.05, 4.69) is 15.2 Å². The van der Waals surface area contributed by atoms with Crippen LogP contribution in [0.15, 0.2) is 51.1 Å². The number of hydrogen-bond donors (Lipinski definition) is 0. The SMILES string of the molecule is Cc1ccccc1-c1nnc(Sc2ccc([N+](=O)[O-])c(C#N)n2)o1. The van der Waals surface area contributed by atoms with Gasteiger partial charge in [-0.25, -0.2) is 4.98 Å². The number of hydrogen-bond acceptors (Lipinski definition) is 8. The van der Waals surface area contributed by atoms with E-state index in [0.29, 0.717) is 10.9 Å². The molecule has 2 aromatic heterocycles. The number of benzene rings is 1. The number of nitro groups is 1. The van der Waals surface area contributed by atoms with Gasteiger partial charge >= 0.3 is 5.69 Å². The average Bonchev–Trinajstić information content (AvgIpc) is 3.03. The Morgan fingerprint density at radius 2 is 2.04 bits per heavy atom. The van der Waals surface area contributed by atoms with E-state index in [0.717, 1.165) is 22.9 Å². The Hall–Kier alpha value is -3.25. The summed E-state index contributed by atoms with van der Waals surface area (Å²) in [6, 6.07) is 12.0. The maximum atomic E-state index is 10.8. The second-order valence-corrected chi connectivity index (χ2v) is 5.65. The maximum Gasteiger partial charge on any atom is 0.305 e. The third-order valence-electron chi connectivity index (χ3n) is 3.12.